The number of fused-ring (bicyclic) bond motifs is 2. The van der Waals surface area contributed by atoms with Crippen molar-refractivity contribution in [2.45, 2.75) is 12.8 Å². The Hall–Kier alpha value is -4.05. The summed E-state index contributed by atoms with van der Waals surface area (Å²) in [6.45, 7) is 2.42. The van der Waals surface area contributed by atoms with E-state index in [0.717, 1.165) is 0 Å². The third kappa shape index (κ3) is 4.40. The van der Waals surface area contributed by atoms with Gasteiger partial charge in [0.1, 0.15) is 42.9 Å². The fraction of sp³-hybridized carbons (Fsp3) is 0.217. The van der Waals surface area contributed by atoms with Crippen LogP contribution in [0.5, 0.6) is 17.2 Å². The van der Waals surface area contributed by atoms with Crippen molar-refractivity contribution in [1.29, 1.82) is 0 Å². The van der Waals surface area contributed by atoms with Gasteiger partial charge in [0.05, 0.1) is 18.3 Å². The molecule has 1 amide bonds. The van der Waals surface area contributed by atoms with Crippen molar-refractivity contribution in [2.75, 3.05) is 25.6 Å². The van der Waals surface area contributed by atoms with E-state index < -0.39 is 5.92 Å². The maximum Gasteiger partial charge on any atom is 0.239 e. The molecule has 0 fully saturated rings. The molecule has 1 unspecified atom stereocenters. The fourth-order valence-electron chi connectivity index (χ4n) is 3.72. The van der Waals surface area contributed by atoms with Crippen LogP contribution in [-0.2, 0) is 4.79 Å². The summed E-state index contributed by atoms with van der Waals surface area (Å²) in [4.78, 5) is 34.1. The molecule has 11 heteroatoms. The number of carbonyl (C=O) groups is 1. The van der Waals surface area contributed by atoms with Crippen LogP contribution in [0.25, 0.3) is 10.9 Å². The van der Waals surface area contributed by atoms with Gasteiger partial charge < -0.3 is 19.5 Å². The quantitative estimate of drug-likeness (QED) is 0.397. The number of pyridine rings is 1. The topological polar surface area (TPSA) is 121 Å². The molecular formula is C23H21ClN6O4. The number of methoxy groups -OCH3 is 1. The van der Waals surface area contributed by atoms with Crippen LogP contribution in [0.15, 0.2) is 49.2 Å². The van der Waals surface area contributed by atoms with Crippen LogP contribution in [0.3, 0.4) is 0 Å². The number of carbonyl (C=O) groups excluding carboxylic acids is 1. The van der Waals surface area contributed by atoms with E-state index in [2.05, 4.69) is 30.2 Å². The molecule has 3 aromatic heterocycles. The van der Waals surface area contributed by atoms with Gasteiger partial charge in [-0.05, 0) is 25.1 Å². The molecule has 0 radical (unpaired) electrons. The van der Waals surface area contributed by atoms with E-state index in [4.69, 9.17) is 14.2 Å². The van der Waals surface area contributed by atoms with Crippen molar-refractivity contribution in [3.05, 3.63) is 66.3 Å². The predicted molar refractivity (Wildman–Crippen MR) is 126 cm³/mol. The first kappa shape index (κ1) is 23.1. The van der Waals surface area contributed by atoms with Gasteiger partial charge in [-0.15, -0.1) is 12.4 Å². The third-order valence-corrected chi connectivity index (χ3v) is 5.24. The molecule has 1 aliphatic rings. The first-order valence-corrected chi connectivity index (χ1v) is 10.3. The molecule has 0 bridgehead atoms. The number of benzene rings is 1. The predicted octanol–water partition coefficient (Wildman–Crippen LogP) is 3.10. The van der Waals surface area contributed by atoms with Crippen LogP contribution in [0.2, 0.25) is 0 Å². The van der Waals surface area contributed by atoms with E-state index >= 15 is 0 Å². The van der Waals surface area contributed by atoms with E-state index in [9.17, 15) is 4.79 Å². The minimum absolute atomic E-state index is 0. The zero-order chi connectivity index (χ0) is 22.8. The Morgan fingerprint density at radius 1 is 1.03 bits per heavy atom. The number of hydrogen-bond donors (Lipinski definition) is 1. The highest BCUT2D eigenvalue weighted by Crippen LogP contribution is 2.40. The summed E-state index contributed by atoms with van der Waals surface area (Å²) >= 11 is 0. The summed E-state index contributed by atoms with van der Waals surface area (Å²) in [6, 6.07) is 7.10. The molecule has 1 aromatic carbocycles. The van der Waals surface area contributed by atoms with E-state index in [1.807, 2.05) is 0 Å². The number of rotatable bonds is 7. The number of anilines is 1. The highest BCUT2D eigenvalue weighted by Gasteiger charge is 2.36. The van der Waals surface area contributed by atoms with E-state index in [0.29, 0.717) is 64.3 Å². The van der Waals surface area contributed by atoms with Gasteiger partial charge >= 0.3 is 0 Å². The van der Waals surface area contributed by atoms with Crippen LogP contribution in [0.4, 0.5) is 5.82 Å². The van der Waals surface area contributed by atoms with Crippen molar-refractivity contribution in [1.82, 2.24) is 24.9 Å². The molecule has 0 spiro atoms. The van der Waals surface area contributed by atoms with Crippen LogP contribution in [-0.4, -0.2) is 51.2 Å². The number of hydrogen-bond acceptors (Lipinski definition) is 9. The second kappa shape index (κ2) is 9.84. The summed E-state index contributed by atoms with van der Waals surface area (Å²) in [6.07, 6.45) is 6.42. The molecular weight excluding hydrogens is 460 g/mol. The van der Waals surface area contributed by atoms with Crippen molar-refractivity contribution in [2.24, 2.45) is 0 Å². The molecule has 4 heterocycles. The molecule has 10 nitrogen and oxygen atoms in total. The zero-order valence-electron chi connectivity index (χ0n) is 18.4. The zero-order valence-corrected chi connectivity index (χ0v) is 19.2. The van der Waals surface area contributed by atoms with Gasteiger partial charge in [-0.25, -0.2) is 19.9 Å². The number of nitrogens with one attached hydrogen (secondary N) is 1. The lowest BCUT2D eigenvalue weighted by molar-refractivity contribution is -0.116. The Morgan fingerprint density at radius 2 is 1.82 bits per heavy atom. The molecule has 0 saturated heterocycles. The smallest absolute Gasteiger partial charge is 0.239 e. The number of aryl methyl sites for hydroxylation is 1. The average Bonchev–Trinajstić information content (AvgIpc) is 3.16. The summed E-state index contributed by atoms with van der Waals surface area (Å²) in [7, 11) is 1.55. The molecule has 1 N–H and O–H groups in total. The minimum Gasteiger partial charge on any atom is -0.493 e. The Labute approximate surface area is 201 Å². The first-order valence-electron chi connectivity index (χ1n) is 10.3. The molecule has 1 atom stereocenters. The van der Waals surface area contributed by atoms with Crippen LogP contribution >= 0.6 is 12.4 Å². The lowest BCUT2D eigenvalue weighted by Crippen LogP contribution is -2.15. The summed E-state index contributed by atoms with van der Waals surface area (Å²) < 4.78 is 17.1. The molecule has 5 rings (SSSR count). The van der Waals surface area contributed by atoms with E-state index in [-0.39, 0.29) is 18.3 Å². The molecule has 0 saturated carbocycles. The van der Waals surface area contributed by atoms with Crippen LogP contribution in [0.1, 0.15) is 23.0 Å². The number of halogens is 1. The average molecular weight is 481 g/mol. The Morgan fingerprint density at radius 3 is 2.62 bits per heavy atom. The molecule has 4 aromatic rings. The highest BCUT2D eigenvalue weighted by atomic mass is 35.5. The first-order chi connectivity index (χ1) is 16.1. The maximum atomic E-state index is 12.8. The van der Waals surface area contributed by atoms with Crippen LogP contribution in [0, 0.1) is 6.92 Å². The van der Waals surface area contributed by atoms with Gasteiger partial charge in [0.15, 0.2) is 11.5 Å². The molecule has 1 aliphatic heterocycles. The van der Waals surface area contributed by atoms with Gasteiger partial charge in [-0.2, -0.15) is 0 Å². The van der Waals surface area contributed by atoms with E-state index in [1.54, 1.807) is 56.9 Å². The van der Waals surface area contributed by atoms with Crippen molar-refractivity contribution in [3.63, 3.8) is 0 Å². The molecule has 34 heavy (non-hydrogen) atoms. The number of ether oxygens (including phenoxy) is 3. The van der Waals surface area contributed by atoms with Gasteiger partial charge in [0.2, 0.25) is 5.91 Å². The second-order valence-electron chi connectivity index (χ2n) is 7.30. The normalized spacial score (nSPS) is 14.2. The van der Waals surface area contributed by atoms with Gasteiger partial charge in [-0.3, -0.25) is 9.78 Å². The summed E-state index contributed by atoms with van der Waals surface area (Å²) in [5.41, 5.74) is 1.85. The monoisotopic (exact) mass is 480 g/mol. The fourth-order valence-corrected chi connectivity index (χ4v) is 3.72. The van der Waals surface area contributed by atoms with Crippen LogP contribution < -0.4 is 19.5 Å². The number of aromatic nitrogens is 5. The van der Waals surface area contributed by atoms with E-state index in [1.165, 1.54) is 6.33 Å². The summed E-state index contributed by atoms with van der Waals surface area (Å²) in [5.74, 6) is 1.97. The summed E-state index contributed by atoms with van der Waals surface area (Å²) in [5, 5.41) is 3.50. The minimum atomic E-state index is -0.642. The second-order valence-corrected chi connectivity index (χ2v) is 7.30. The molecule has 174 valence electrons. The van der Waals surface area contributed by atoms with Crippen molar-refractivity contribution >= 4 is 35.0 Å². The van der Waals surface area contributed by atoms with Gasteiger partial charge in [-0.1, -0.05) is 0 Å². The Bertz CT molecular complexity index is 1340. The third-order valence-electron chi connectivity index (χ3n) is 5.24. The largest absolute Gasteiger partial charge is 0.493 e. The van der Waals surface area contributed by atoms with Crippen molar-refractivity contribution in [3.8, 4) is 17.2 Å². The Kier molecular flexibility index (Phi) is 6.69. The van der Waals surface area contributed by atoms with Gasteiger partial charge in [0, 0.05) is 35.6 Å². The Balaban J connectivity index is 0.00000274. The number of nitrogens with zero attached hydrogens (tertiary/aromatic N) is 5. The SMILES string of the molecule is COc1cc2c(C3C(=O)Nc4nc(C)ncc43)ncnc2cc1OCCOc1ccncc1.Cl. The lowest BCUT2D eigenvalue weighted by atomic mass is 9.96. The van der Waals surface area contributed by atoms with Gasteiger partial charge in [0.25, 0.3) is 0 Å². The maximum absolute atomic E-state index is 12.8. The standard InChI is InChI=1S/C23H20N6O4.ClH/c1-13-25-11-16-20(23(30)29-22(16)28-13)21-15-9-18(31-2)19(10-17(15)26-12-27-21)33-8-7-32-14-3-5-24-6-4-14;/h3-6,9-12,20H,7-8H2,1-2H3,(H,25,28,29,30);1H. The molecule has 0 aliphatic carbocycles. The highest BCUT2D eigenvalue weighted by molar-refractivity contribution is 6.05. The number of amides is 1. The van der Waals surface area contributed by atoms with Crippen molar-refractivity contribution < 1.29 is 19.0 Å². The lowest BCUT2D eigenvalue weighted by Gasteiger charge is -2.15.